The SMILES string of the molecule is CN1CCC(C(=O)NCC2CCCN2)CC1. The molecule has 2 fully saturated rings. The van der Waals surface area contributed by atoms with Crippen LogP contribution in [0.5, 0.6) is 0 Å². The molecule has 2 rings (SSSR count). The first-order valence-corrected chi connectivity index (χ1v) is 6.45. The number of nitrogens with zero attached hydrogens (tertiary/aromatic N) is 1. The van der Waals surface area contributed by atoms with Gasteiger partial charge >= 0.3 is 0 Å². The summed E-state index contributed by atoms with van der Waals surface area (Å²) < 4.78 is 0. The van der Waals surface area contributed by atoms with Crippen molar-refractivity contribution >= 4 is 5.91 Å². The molecule has 2 aliphatic rings. The van der Waals surface area contributed by atoms with Gasteiger partial charge in [0.25, 0.3) is 0 Å². The molecule has 0 aromatic heterocycles. The number of amides is 1. The van der Waals surface area contributed by atoms with Gasteiger partial charge in [-0.2, -0.15) is 0 Å². The van der Waals surface area contributed by atoms with Gasteiger partial charge in [0.2, 0.25) is 5.91 Å². The van der Waals surface area contributed by atoms with Crippen molar-refractivity contribution in [2.45, 2.75) is 31.7 Å². The van der Waals surface area contributed by atoms with E-state index >= 15 is 0 Å². The van der Waals surface area contributed by atoms with Crippen LogP contribution in [0.3, 0.4) is 0 Å². The number of rotatable bonds is 3. The second-order valence-electron chi connectivity index (χ2n) is 5.12. The van der Waals surface area contributed by atoms with Gasteiger partial charge in [-0.1, -0.05) is 0 Å². The number of hydrogen-bond acceptors (Lipinski definition) is 3. The summed E-state index contributed by atoms with van der Waals surface area (Å²) in [6.45, 7) is 4.03. The van der Waals surface area contributed by atoms with E-state index in [2.05, 4.69) is 22.6 Å². The lowest BCUT2D eigenvalue weighted by atomic mass is 9.96. The average Bonchev–Trinajstić information content (AvgIpc) is 2.80. The average molecular weight is 225 g/mol. The zero-order valence-corrected chi connectivity index (χ0v) is 10.2. The third kappa shape index (κ3) is 3.19. The minimum absolute atomic E-state index is 0.248. The number of nitrogens with one attached hydrogen (secondary N) is 2. The number of likely N-dealkylation sites (tertiary alicyclic amines) is 1. The fraction of sp³-hybridized carbons (Fsp3) is 0.917. The fourth-order valence-electron chi connectivity index (χ4n) is 2.57. The Balaban J connectivity index is 1.67. The van der Waals surface area contributed by atoms with Crippen LogP contribution in [0.1, 0.15) is 25.7 Å². The van der Waals surface area contributed by atoms with Crippen molar-refractivity contribution in [3.8, 4) is 0 Å². The number of piperidine rings is 1. The largest absolute Gasteiger partial charge is 0.354 e. The van der Waals surface area contributed by atoms with E-state index in [1.807, 2.05) is 0 Å². The minimum atomic E-state index is 0.248. The summed E-state index contributed by atoms with van der Waals surface area (Å²) >= 11 is 0. The number of carbonyl (C=O) groups is 1. The first-order valence-electron chi connectivity index (χ1n) is 6.45. The first-order chi connectivity index (χ1) is 7.75. The normalized spacial score (nSPS) is 28.2. The molecule has 2 saturated heterocycles. The molecule has 0 aromatic carbocycles. The molecule has 0 aliphatic carbocycles. The van der Waals surface area contributed by atoms with Crippen LogP contribution in [-0.2, 0) is 4.79 Å². The Morgan fingerprint density at radius 3 is 2.75 bits per heavy atom. The van der Waals surface area contributed by atoms with Gasteiger partial charge < -0.3 is 15.5 Å². The summed E-state index contributed by atoms with van der Waals surface area (Å²) in [5.74, 6) is 0.513. The van der Waals surface area contributed by atoms with E-state index in [0.717, 1.165) is 39.0 Å². The van der Waals surface area contributed by atoms with E-state index in [-0.39, 0.29) is 11.8 Å². The molecule has 0 saturated carbocycles. The van der Waals surface area contributed by atoms with Crippen molar-refractivity contribution < 1.29 is 4.79 Å². The molecule has 2 heterocycles. The molecule has 1 atom stereocenters. The van der Waals surface area contributed by atoms with Gasteiger partial charge in [-0.3, -0.25) is 4.79 Å². The Labute approximate surface area is 97.8 Å². The van der Waals surface area contributed by atoms with Crippen molar-refractivity contribution in [1.29, 1.82) is 0 Å². The van der Waals surface area contributed by atoms with E-state index in [4.69, 9.17) is 0 Å². The van der Waals surface area contributed by atoms with Gasteiger partial charge in [0.05, 0.1) is 0 Å². The Morgan fingerprint density at radius 2 is 2.12 bits per heavy atom. The topological polar surface area (TPSA) is 44.4 Å². The second-order valence-corrected chi connectivity index (χ2v) is 5.12. The lowest BCUT2D eigenvalue weighted by Crippen LogP contribution is -2.43. The van der Waals surface area contributed by atoms with Crippen molar-refractivity contribution in [1.82, 2.24) is 15.5 Å². The van der Waals surface area contributed by atoms with E-state index in [9.17, 15) is 4.79 Å². The zero-order chi connectivity index (χ0) is 11.4. The van der Waals surface area contributed by atoms with Gasteiger partial charge in [-0.15, -0.1) is 0 Å². The molecule has 92 valence electrons. The van der Waals surface area contributed by atoms with Crippen LogP contribution >= 0.6 is 0 Å². The maximum atomic E-state index is 11.9. The molecule has 0 spiro atoms. The van der Waals surface area contributed by atoms with Gasteiger partial charge in [-0.05, 0) is 52.4 Å². The Kier molecular flexibility index (Phi) is 4.18. The highest BCUT2D eigenvalue weighted by atomic mass is 16.1. The van der Waals surface area contributed by atoms with Crippen LogP contribution in [0.2, 0.25) is 0 Å². The molecule has 0 aromatic rings. The van der Waals surface area contributed by atoms with E-state index < -0.39 is 0 Å². The van der Waals surface area contributed by atoms with Crippen molar-refractivity contribution in [2.75, 3.05) is 33.2 Å². The van der Waals surface area contributed by atoms with Crippen LogP contribution in [-0.4, -0.2) is 50.1 Å². The molecule has 2 aliphatic heterocycles. The number of carbonyl (C=O) groups excluding carboxylic acids is 1. The van der Waals surface area contributed by atoms with E-state index in [1.54, 1.807) is 0 Å². The monoisotopic (exact) mass is 225 g/mol. The summed E-state index contributed by atoms with van der Waals surface area (Å²) in [6, 6.07) is 0.509. The highest BCUT2D eigenvalue weighted by molar-refractivity contribution is 5.78. The summed E-state index contributed by atoms with van der Waals surface area (Å²) in [6.07, 6.45) is 4.48. The van der Waals surface area contributed by atoms with Gasteiger partial charge in [0, 0.05) is 18.5 Å². The van der Waals surface area contributed by atoms with E-state index in [1.165, 1.54) is 12.8 Å². The summed E-state index contributed by atoms with van der Waals surface area (Å²) in [5, 5.41) is 6.49. The lowest BCUT2D eigenvalue weighted by Gasteiger charge is -2.28. The zero-order valence-electron chi connectivity index (χ0n) is 10.2. The van der Waals surface area contributed by atoms with Gasteiger partial charge in [0.15, 0.2) is 0 Å². The predicted molar refractivity (Wildman–Crippen MR) is 64.3 cm³/mol. The fourth-order valence-corrected chi connectivity index (χ4v) is 2.57. The standard InChI is InChI=1S/C12H23N3O/c1-15-7-4-10(5-8-15)12(16)14-9-11-3-2-6-13-11/h10-11,13H,2-9H2,1H3,(H,14,16). The highest BCUT2D eigenvalue weighted by Crippen LogP contribution is 2.16. The lowest BCUT2D eigenvalue weighted by molar-refractivity contribution is -0.126. The predicted octanol–water partition coefficient (Wildman–Crippen LogP) is 0.196. The molecule has 4 nitrogen and oxygen atoms in total. The Bertz CT molecular complexity index is 230. The summed E-state index contributed by atoms with van der Waals surface area (Å²) in [4.78, 5) is 14.2. The maximum Gasteiger partial charge on any atom is 0.223 e. The maximum absolute atomic E-state index is 11.9. The molecule has 4 heteroatoms. The van der Waals surface area contributed by atoms with Crippen LogP contribution in [0.25, 0.3) is 0 Å². The second kappa shape index (κ2) is 5.64. The quantitative estimate of drug-likeness (QED) is 0.721. The summed E-state index contributed by atoms with van der Waals surface area (Å²) in [7, 11) is 2.12. The minimum Gasteiger partial charge on any atom is -0.354 e. The van der Waals surface area contributed by atoms with E-state index in [0.29, 0.717) is 6.04 Å². The molecular weight excluding hydrogens is 202 g/mol. The molecule has 16 heavy (non-hydrogen) atoms. The third-order valence-electron chi connectivity index (χ3n) is 3.77. The Morgan fingerprint density at radius 1 is 1.38 bits per heavy atom. The van der Waals surface area contributed by atoms with Crippen LogP contribution in [0.15, 0.2) is 0 Å². The summed E-state index contributed by atoms with van der Waals surface area (Å²) in [5.41, 5.74) is 0. The van der Waals surface area contributed by atoms with Gasteiger partial charge in [-0.25, -0.2) is 0 Å². The van der Waals surface area contributed by atoms with Crippen molar-refractivity contribution in [2.24, 2.45) is 5.92 Å². The molecule has 1 unspecified atom stereocenters. The molecule has 1 amide bonds. The van der Waals surface area contributed by atoms with Crippen LogP contribution in [0, 0.1) is 5.92 Å². The molecule has 2 N–H and O–H groups in total. The number of hydrogen-bond donors (Lipinski definition) is 2. The molecular formula is C12H23N3O. The third-order valence-corrected chi connectivity index (χ3v) is 3.77. The Hall–Kier alpha value is -0.610. The molecule has 0 radical (unpaired) electrons. The first kappa shape index (κ1) is 11.9. The smallest absolute Gasteiger partial charge is 0.223 e. The molecule has 0 bridgehead atoms. The van der Waals surface area contributed by atoms with Crippen molar-refractivity contribution in [3.05, 3.63) is 0 Å². The van der Waals surface area contributed by atoms with Crippen LogP contribution in [0.4, 0.5) is 0 Å². The van der Waals surface area contributed by atoms with Crippen molar-refractivity contribution in [3.63, 3.8) is 0 Å². The van der Waals surface area contributed by atoms with Gasteiger partial charge in [0.1, 0.15) is 0 Å². The highest BCUT2D eigenvalue weighted by Gasteiger charge is 2.24. The van der Waals surface area contributed by atoms with Crippen LogP contribution < -0.4 is 10.6 Å².